The van der Waals surface area contributed by atoms with Gasteiger partial charge in [-0.1, -0.05) is 12.1 Å². The molecule has 0 saturated carbocycles. The normalized spacial score (nSPS) is 16.7. The Morgan fingerprint density at radius 3 is 0.761 bits per heavy atom. The van der Waals surface area contributed by atoms with Crippen LogP contribution in [0.5, 0.6) is 0 Å². The summed E-state index contributed by atoms with van der Waals surface area (Å²) in [7, 11) is -42.6. The number of nitrogens with zero attached hydrogens (tertiary/aromatic N) is 6. The van der Waals surface area contributed by atoms with E-state index < -0.39 is 31.2 Å². The summed E-state index contributed by atoms with van der Waals surface area (Å²) >= 11 is 0. The third kappa shape index (κ3) is 33.6. The second-order valence-corrected chi connectivity index (χ2v) is 22.3. The zero-order valence-electron chi connectivity index (χ0n) is 34.4. The van der Waals surface area contributed by atoms with Crippen LogP contribution in [0.2, 0.25) is 0 Å². The maximum absolute atomic E-state index is 12.3. The molecule has 0 spiro atoms. The topological polar surface area (TPSA) is 71.5 Å². The number of hydrogen-bond donors (Lipinski definition) is 0. The SMILES string of the molecule is F[P-](F)(F)(F)(F)F.F[P-](F)(F)(F)(F)F.F[P-](F)(F)(F)(F)F.F[P-](F)(F)(F)(F)F.O=[N+]([O-])c1c2cccc1C[n+]1ccc(cc1)-c1cc[n+](cc1)Cc1cccc(n1)C[n+]1ccc(cc1)-c1cc[n+](cc1)C2. The molecule has 0 fully saturated rings. The Labute approximate surface area is 381 Å². The largest absolute Gasteiger partial charge is 0.288 e. The van der Waals surface area contributed by atoms with Gasteiger partial charge in [0.15, 0.2) is 75.8 Å². The fraction of sp³-hybridized carbons (Fsp3) is 0.114. The number of para-hydroxylation sites is 1. The van der Waals surface area contributed by atoms with Crippen LogP contribution in [0.4, 0.5) is 106 Å². The van der Waals surface area contributed by atoms with E-state index >= 15 is 0 Å². The first-order chi connectivity index (χ1) is 30.9. The Morgan fingerprint density at radius 1 is 0.352 bits per heavy atom. The van der Waals surface area contributed by atoms with Crippen molar-refractivity contribution < 1.29 is 124 Å². The molecule has 12 heterocycles. The average Bonchev–Trinajstić information content (AvgIpc) is 3.11. The number of rotatable bonds is 1. The number of pyridine rings is 5. The first kappa shape index (κ1) is 59.7. The molecule has 0 N–H and O–H groups in total. The van der Waals surface area contributed by atoms with Gasteiger partial charge < -0.3 is 0 Å². The van der Waals surface area contributed by atoms with Crippen molar-refractivity contribution in [1.29, 1.82) is 0 Å². The van der Waals surface area contributed by atoms with Gasteiger partial charge in [0.1, 0.15) is 11.4 Å². The minimum absolute atomic E-state index is 0.164. The smallest absolute Gasteiger partial charge is 0.258 e. The molecular formula is C35H30F24N6O2P4. The zero-order chi connectivity index (χ0) is 54.8. The molecule has 0 unspecified atom stereocenters. The molecule has 0 aliphatic carbocycles. The number of benzene rings is 1. The van der Waals surface area contributed by atoms with Gasteiger partial charge in [-0.15, -0.1) is 0 Å². The fourth-order valence-electron chi connectivity index (χ4n) is 5.63. The molecule has 0 amide bonds. The summed E-state index contributed by atoms with van der Waals surface area (Å²) in [5.41, 5.74) is 7.88. The molecule has 0 saturated heterocycles. The van der Waals surface area contributed by atoms with Gasteiger partial charge in [-0.05, 0) is 46.5 Å². The predicted molar refractivity (Wildman–Crippen MR) is 213 cm³/mol. The number of nitro benzene ring substituents is 1. The van der Waals surface area contributed by atoms with Gasteiger partial charge in [-0.3, -0.25) is 10.1 Å². The molecule has 400 valence electrons. The van der Waals surface area contributed by atoms with Crippen LogP contribution in [0, 0.1) is 10.1 Å². The van der Waals surface area contributed by atoms with Gasteiger partial charge in [0.05, 0.1) is 16.1 Å². The third-order valence-corrected chi connectivity index (χ3v) is 7.88. The molecule has 7 aliphatic heterocycles. The predicted octanol–water partition coefficient (Wildman–Crippen LogP) is 17.5. The summed E-state index contributed by atoms with van der Waals surface area (Å²) in [6, 6.07) is 28.4. The van der Waals surface area contributed by atoms with E-state index in [9.17, 15) is 111 Å². The van der Waals surface area contributed by atoms with Gasteiger partial charge in [0.25, 0.3) is 5.69 Å². The monoisotopic (exact) mass is 1150 g/mol. The minimum atomic E-state index is -10.7. The first-order valence-electron chi connectivity index (χ1n) is 18.3. The van der Waals surface area contributed by atoms with Crippen LogP contribution in [0.3, 0.4) is 0 Å². The Bertz CT molecular complexity index is 2590. The van der Waals surface area contributed by atoms with Crippen molar-refractivity contribution in [3.63, 3.8) is 0 Å². The third-order valence-electron chi connectivity index (χ3n) is 7.88. The van der Waals surface area contributed by atoms with Crippen molar-refractivity contribution in [2.75, 3.05) is 0 Å². The van der Waals surface area contributed by atoms with Crippen LogP contribution >= 0.6 is 31.2 Å². The van der Waals surface area contributed by atoms with Crippen molar-refractivity contribution in [3.05, 3.63) is 167 Å². The second-order valence-electron chi connectivity index (χ2n) is 14.7. The van der Waals surface area contributed by atoms with Crippen LogP contribution in [0.1, 0.15) is 22.5 Å². The summed E-state index contributed by atoms with van der Waals surface area (Å²) in [6.07, 6.45) is 16.2. The number of aromatic nitrogens is 5. The minimum Gasteiger partial charge on any atom is -0.258 e. The molecule has 12 bridgehead atoms. The Balaban J connectivity index is 0.000000388. The Morgan fingerprint density at radius 2 is 0.549 bits per heavy atom. The quantitative estimate of drug-likeness (QED) is 0.0541. The maximum atomic E-state index is 12.3. The van der Waals surface area contributed by atoms with E-state index in [-0.39, 0.29) is 10.6 Å². The summed E-state index contributed by atoms with van der Waals surface area (Å²) in [6.45, 7) is 2.17. The zero-order valence-corrected chi connectivity index (χ0v) is 38.0. The molecule has 8 nitrogen and oxygen atoms in total. The standard InChI is InChI=1S/C35H30N6O2.4F6P/c42-41(43)35-31-3-1-4-32(35)24-38-17-9-28(10-18-38)30-13-21-40(22-14-30)26-34-6-2-5-33(36-34)25-39-19-11-29(12-20-39)27-7-15-37(23-31)16-8-27;4*1-7(2,3,4,5)6/h1-22H,23-26H2;;;;/q+4;4*-1. The van der Waals surface area contributed by atoms with Crippen LogP contribution < -0.4 is 18.3 Å². The van der Waals surface area contributed by atoms with Gasteiger partial charge in [0.2, 0.25) is 0 Å². The summed E-state index contributed by atoms with van der Waals surface area (Å²) < 4.78 is 245. The van der Waals surface area contributed by atoms with E-state index in [2.05, 4.69) is 76.4 Å². The van der Waals surface area contributed by atoms with E-state index in [1.165, 1.54) is 0 Å². The summed E-state index contributed by atoms with van der Waals surface area (Å²) in [5, 5.41) is 12.3. The molecule has 0 radical (unpaired) electrons. The molecule has 13 rings (SSSR count). The molecular weight excluding hydrogens is 1120 g/mol. The van der Waals surface area contributed by atoms with Crippen LogP contribution in [-0.4, -0.2) is 9.91 Å². The van der Waals surface area contributed by atoms with Crippen LogP contribution in [-0.2, 0) is 26.2 Å². The van der Waals surface area contributed by atoms with E-state index in [1.54, 1.807) is 0 Å². The fourth-order valence-corrected chi connectivity index (χ4v) is 5.63. The van der Waals surface area contributed by atoms with Crippen molar-refractivity contribution in [2.45, 2.75) is 26.2 Å². The van der Waals surface area contributed by atoms with Gasteiger partial charge >= 0.3 is 132 Å². The van der Waals surface area contributed by atoms with Gasteiger partial charge in [-0.2, -0.15) is 9.13 Å². The van der Waals surface area contributed by atoms with E-state index in [4.69, 9.17) is 4.98 Å². The van der Waals surface area contributed by atoms with Crippen molar-refractivity contribution in [3.8, 4) is 22.3 Å². The first-order valence-corrected chi connectivity index (χ1v) is 26.4. The van der Waals surface area contributed by atoms with E-state index in [1.807, 2.05) is 76.4 Å². The van der Waals surface area contributed by atoms with Gasteiger partial charge in [0, 0.05) is 48.5 Å². The molecule has 5 aromatic heterocycles. The molecule has 6 aromatic rings. The number of nitro groups is 1. The van der Waals surface area contributed by atoms with E-state index in [0.717, 1.165) is 33.6 Å². The Kier molecular flexibility index (Phi) is 14.3. The van der Waals surface area contributed by atoms with Crippen molar-refractivity contribution in [2.24, 2.45) is 0 Å². The number of hydrogen-bond acceptors (Lipinski definition) is 3. The number of halogens is 24. The molecule has 71 heavy (non-hydrogen) atoms. The molecule has 36 heteroatoms. The Hall–Kier alpha value is -5.59. The van der Waals surface area contributed by atoms with Crippen LogP contribution in [0.15, 0.2) is 135 Å². The van der Waals surface area contributed by atoms with Gasteiger partial charge in [-0.25, -0.2) is 14.1 Å². The summed E-state index contributed by atoms with van der Waals surface area (Å²) in [5.74, 6) is 0. The average molecular weight is 1150 g/mol. The summed E-state index contributed by atoms with van der Waals surface area (Å²) in [4.78, 5) is 16.9. The maximum Gasteiger partial charge on any atom is 0.288 e. The second kappa shape index (κ2) is 17.0. The molecule has 0 atom stereocenters. The van der Waals surface area contributed by atoms with E-state index in [0.29, 0.717) is 37.3 Å². The molecule has 7 aliphatic rings. The van der Waals surface area contributed by atoms with Crippen molar-refractivity contribution >= 4 is 36.9 Å². The molecule has 1 aromatic carbocycles. The van der Waals surface area contributed by atoms with Crippen molar-refractivity contribution in [1.82, 2.24) is 4.98 Å². The van der Waals surface area contributed by atoms with Crippen LogP contribution in [0.25, 0.3) is 22.3 Å².